The molecule has 0 radical (unpaired) electrons. The number of benzene rings is 2. The van der Waals surface area contributed by atoms with Gasteiger partial charge in [-0.05, 0) is 56.3 Å². The van der Waals surface area contributed by atoms with Crippen molar-refractivity contribution < 1.29 is 18.0 Å². The Balaban J connectivity index is 1.75. The minimum Gasteiger partial charge on any atom is -0.342 e. The van der Waals surface area contributed by atoms with Gasteiger partial charge in [0.2, 0.25) is 15.9 Å². The molecular weight excluding hydrogens is 416 g/mol. The third-order valence-corrected chi connectivity index (χ3v) is 5.49. The van der Waals surface area contributed by atoms with Crippen LogP contribution in [0.4, 0.5) is 11.4 Å². The lowest BCUT2D eigenvalue weighted by Crippen LogP contribution is -2.33. The van der Waals surface area contributed by atoms with Crippen LogP contribution in [0.15, 0.2) is 54.7 Å². The lowest BCUT2D eigenvalue weighted by molar-refractivity contribution is -0.131. The number of nitrogens with zero attached hydrogens (tertiary/aromatic N) is 2. The van der Waals surface area contributed by atoms with Crippen LogP contribution in [-0.2, 0) is 21.4 Å². The van der Waals surface area contributed by atoms with E-state index in [1.807, 2.05) is 42.8 Å². The van der Waals surface area contributed by atoms with Crippen molar-refractivity contribution in [1.82, 2.24) is 9.47 Å². The highest BCUT2D eigenvalue weighted by Gasteiger charge is 2.13. The molecule has 0 saturated heterocycles. The summed E-state index contributed by atoms with van der Waals surface area (Å²) in [4.78, 5) is 26.8. The number of carbonyl (C=O) groups is 2. The maximum absolute atomic E-state index is 12.6. The highest BCUT2D eigenvalue weighted by molar-refractivity contribution is 7.92. The largest absolute Gasteiger partial charge is 0.342 e. The minimum absolute atomic E-state index is 0.0578. The van der Waals surface area contributed by atoms with Gasteiger partial charge in [0.25, 0.3) is 5.91 Å². The van der Waals surface area contributed by atoms with Crippen molar-refractivity contribution in [3.05, 3.63) is 60.3 Å². The maximum Gasteiger partial charge on any atom is 0.255 e. The highest BCUT2D eigenvalue weighted by atomic mass is 32.2. The number of anilines is 2. The van der Waals surface area contributed by atoms with Gasteiger partial charge in [-0.2, -0.15) is 0 Å². The van der Waals surface area contributed by atoms with Crippen LogP contribution in [0.5, 0.6) is 0 Å². The van der Waals surface area contributed by atoms with Crippen LogP contribution in [0.1, 0.15) is 24.2 Å². The van der Waals surface area contributed by atoms with Gasteiger partial charge >= 0.3 is 0 Å². The second-order valence-electron chi connectivity index (χ2n) is 7.19. The molecule has 0 spiro atoms. The highest BCUT2D eigenvalue weighted by Crippen LogP contribution is 2.22. The fraction of sp³-hybridized carbons (Fsp3) is 0.273. The predicted octanol–water partition coefficient (Wildman–Crippen LogP) is 3.13. The number of hydrogen-bond donors (Lipinski definition) is 2. The van der Waals surface area contributed by atoms with Gasteiger partial charge < -0.3 is 14.8 Å². The molecule has 0 fully saturated rings. The van der Waals surface area contributed by atoms with E-state index < -0.39 is 10.0 Å². The molecule has 0 atom stereocenters. The second-order valence-corrected chi connectivity index (χ2v) is 8.94. The predicted molar refractivity (Wildman–Crippen MR) is 123 cm³/mol. The van der Waals surface area contributed by atoms with E-state index in [4.69, 9.17) is 0 Å². The van der Waals surface area contributed by atoms with Crippen molar-refractivity contribution in [2.75, 3.05) is 29.4 Å². The van der Waals surface area contributed by atoms with Gasteiger partial charge in [-0.1, -0.05) is 6.07 Å². The Morgan fingerprint density at radius 1 is 1.00 bits per heavy atom. The number of aromatic nitrogens is 1. The Bertz CT molecular complexity index is 1210. The summed E-state index contributed by atoms with van der Waals surface area (Å²) in [6, 6.07) is 13.6. The van der Waals surface area contributed by atoms with Crippen LogP contribution in [0, 0.1) is 0 Å². The molecule has 0 unspecified atom stereocenters. The van der Waals surface area contributed by atoms with Crippen molar-refractivity contribution >= 4 is 44.1 Å². The molecule has 9 heteroatoms. The van der Waals surface area contributed by atoms with Gasteiger partial charge in [0.05, 0.1) is 6.26 Å². The van der Waals surface area contributed by atoms with E-state index in [9.17, 15) is 18.0 Å². The molecular formula is C22H26N4O4S. The average Bonchev–Trinajstić information content (AvgIpc) is 3.09. The Labute approximate surface area is 181 Å². The molecule has 164 valence electrons. The van der Waals surface area contributed by atoms with Gasteiger partial charge in [-0.15, -0.1) is 0 Å². The van der Waals surface area contributed by atoms with E-state index in [2.05, 4.69) is 10.0 Å². The standard InChI is InChI=1S/C22H26N4O4S/c1-4-25(5-2)21(27)15-26-12-11-16-13-18(9-10-20(16)26)23-22(28)17-7-6-8-19(14-17)24-31(3,29)30/h6-14,24H,4-5,15H2,1-3H3,(H,23,28). The molecule has 1 heterocycles. The number of rotatable bonds is 8. The normalized spacial score (nSPS) is 11.3. The molecule has 0 aliphatic rings. The van der Waals surface area contributed by atoms with Crippen molar-refractivity contribution in [3.8, 4) is 0 Å². The topological polar surface area (TPSA) is 101 Å². The molecule has 0 aliphatic carbocycles. The van der Waals surface area contributed by atoms with Crippen molar-refractivity contribution in [2.24, 2.45) is 0 Å². The lowest BCUT2D eigenvalue weighted by Gasteiger charge is -2.19. The summed E-state index contributed by atoms with van der Waals surface area (Å²) in [5, 5.41) is 3.73. The number of nitrogens with one attached hydrogen (secondary N) is 2. The first-order chi connectivity index (χ1) is 14.7. The molecule has 2 amide bonds. The zero-order valence-corrected chi connectivity index (χ0v) is 18.6. The number of likely N-dealkylation sites (N-methyl/N-ethyl adjacent to an activating group) is 1. The smallest absolute Gasteiger partial charge is 0.255 e. The van der Waals surface area contributed by atoms with E-state index in [1.54, 1.807) is 29.2 Å². The molecule has 3 rings (SSSR count). The first-order valence-electron chi connectivity index (χ1n) is 9.96. The molecule has 31 heavy (non-hydrogen) atoms. The number of sulfonamides is 1. The molecule has 1 aromatic heterocycles. The fourth-order valence-corrected chi connectivity index (χ4v) is 3.93. The summed E-state index contributed by atoms with van der Waals surface area (Å²) in [6.45, 7) is 5.52. The van der Waals surface area contributed by atoms with Gasteiger partial charge in [0.15, 0.2) is 0 Å². The Hall–Kier alpha value is -3.33. The fourth-order valence-electron chi connectivity index (χ4n) is 3.38. The van der Waals surface area contributed by atoms with Gasteiger partial charge in [-0.3, -0.25) is 14.3 Å². The quantitative estimate of drug-likeness (QED) is 0.560. The third-order valence-electron chi connectivity index (χ3n) is 4.88. The molecule has 0 bridgehead atoms. The number of fused-ring (bicyclic) bond motifs is 1. The van der Waals surface area contributed by atoms with E-state index >= 15 is 0 Å². The summed E-state index contributed by atoms with van der Waals surface area (Å²) in [7, 11) is -3.43. The number of amides is 2. The molecule has 0 saturated carbocycles. The van der Waals surface area contributed by atoms with E-state index in [0.717, 1.165) is 17.2 Å². The molecule has 2 aromatic carbocycles. The minimum atomic E-state index is -3.43. The Morgan fingerprint density at radius 3 is 2.42 bits per heavy atom. The van der Waals surface area contributed by atoms with Crippen LogP contribution < -0.4 is 10.0 Å². The van der Waals surface area contributed by atoms with E-state index in [0.29, 0.717) is 30.0 Å². The Kier molecular flexibility index (Phi) is 6.65. The van der Waals surface area contributed by atoms with Crippen LogP contribution in [-0.4, -0.2) is 49.0 Å². The van der Waals surface area contributed by atoms with Gasteiger partial charge in [-0.25, -0.2) is 8.42 Å². The summed E-state index contributed by atoms with van der Waals surface area (Å²) >= 11 is 0. The average molecular weight is 443 g/mol. The van der Waals surface area contributed by atoms with Crippen molar-refractivity contribution in [1.29, 1.82) is 0 Å². The zero-order chi connectivity index (χ0) is 22.6. The van der Waals surface area contributed by atoms with Crippen molar-refractivity contribution in [2.45, 2.75) is 20.4 Å². The summed E-state index contributed by atoms with van der Waals surface area (Å²) in [5.41, 5.74) is 2.15. The summed E-state index contributed by atoms with van der Waals surface area (Å²) in [5.74, 6) is -0.296. The lowest BCUT2D eigenvalue weighted by atomic mass is 10.1. The Morgan fingerprint density at radius 2 is 1.74 bits per heavy atom. The van der Waals surface area contributed by atoms with E-state index in [1.165, 1.54) is 6.07 Å². The molecule has 8 nitrogen and oxygen atoms in total. The monoisotopic (exact) mass is 442 g/mol. The second kappa shape index (κ2) is 9.22. The van der Waals surface area contributed by atoms with Crippen LogP contribution in [0.25, 0.3) is 10.9 Å². The summed E-state index contributed by atoms with van der Waals surface area (Å²) < 4.78 is 27.0. The van der Waals surface area contributed by atoms with Crippen molar-refractivity contribution in [3.63, 3.8) is 0 Å². The zero-order valence-electron chi connectivity index (χ0n) is 17.8. The number of hydrogen-bond acceptors (Lipinski definition) is 4. The first kappa shape index (κ1) is 22.4. The number of carbonyl (C=O) groups excluding carboxylic acids is 2. The first-order valence-corrected chi connectivity index (χ1v) is 11.8. The molecule has 3 aromatic rings. The molecule has 0 aliphatic heterocycles. The van der Waals surface area contributed by atoms with Gasteiger partial charge in [0, 0.05) is 47.1 Å². The van der Waals surface area contributed by atoms with Crippen LogP contribution in [0.2, 0.25) is 0 Å². The molecule has 2 N–H and O–H groups in total. The van der Waals surface area contributed by atoms with E-state index in [-0.39, 0.29) is 18.4 Å². The van der Waals surface area contributed by atoms with Gasteiger partial charge in [0.1, 0.15) is 6.54 Å². The maximum atomic E-state index is 12.6. The SMILES string of the molecule is CCN(CC)C(=O)Cn1ccc2cc(NC(=O)c3cccc(NS(C)(=O)=O)c3)ccc21. The van der Waals surface area contributed by atoms with Crippen LogP contribution in [0.3, 0.4) is 0 Å². The summed E-state index contributed by atoms with van der Waals surface area (Å²) in [6.07, 6.45) is 2.91. The van der Waals surface area contributed by atoms with Crippen LogP contribution >= 0.6 is 0 Å². The third kappa shape index (κ3) is 5.64.